The molecule has 4 heteroatoms. The second-order valence-electron chi connectivity index (χ2n) is 4.31. The third-order valence-electron chi connectivity index (χ3n) is 3.16. The van der Waals surface area contributed by atoms with Gasteiger partial charge in [0.2, 0.25) is 0 Å². The minimum Gasteiger partial charge on any atom is -0.271 e. The summed E-state index contributed by atoms with van der Waals surface area (Å²) in [4.78, 5) is 8.60. The van der Waals surface area contributed by atoms with E-state index in [-0.39, 0.29) is 6.04 Å². The van der Waals surface area contributed by atoms with Crippen molar-refractivity contribution in [3.63, 3.8) is 0 Å². The Kier molecular flexibility index (Phi) is 3.18. The predicted octanol–water partition coefficient (Wildman–Crippen LogP) is 2.18. The molecule has 1 atom stereocenters. The zero-order chi connectivity index (χ0) is 13.1. The number of hydrogen-bond donors (Lipinski definition) is 2. The Hall–Kier alpha value is -2.30. The number of hydrogen-bond acceptors (Lipinski definition) is 4. The van der Waals surface area contributed by atoms with Crippen LogP contribution in [-0.2, 0) is 0 Å². The Morgan fingerprint density at radius 3 is 2.63 bits per heavy atom. The minimum atomic E-state index is -0.118. The van der Waals surface area contributed by atoms with Crippen molar-refractivity contribution in [3.05, 3.63) is 72.2 Å². The van der Waals surface area contributed by atoms with Gasteiger partial charge in [-0.25, -0.2) is 5.43 Å². The Morgan fingerprint density at radius 2 is 1.84 bits per heavy atom. The standard InChI is InChI=1S/C15H14N4/c16-19-15(12-6-2-8-17-10-12)13-7-1-4-11-5-3-9-18-14(11)13/h1-10,15,19H,16H2. The molecule has 2 aromatic heterocycles. The molecular weight excluding hydrogens is 236 g/mol. The minimum absolute atomic E-state index is 0.118. The van der Waals surface area contributed by atoms with Gasteiger partial charge in [-0.05, 0) is 17.7 Å². The molecule has 1 unspecified atom stereocenters. The van der Waals surface area contributed by atoms with E-state index in [0.717, 1.165) is 22.0 Å². The number of pyridine rings is 2. The molecule has 0 aliphatic rings. The maximum absolute atomic E-state index is 5.72. The van der Waals surface area contributed by atoms with Crippen molar-refractivity contribution in [3.8, 4) is 0 Å². The Balaban J connectivity index is 2.17. The summed E-state index contributed by atoms with van der Waals surface area (Å²) in [5, 5.41) is 1.10. The van der Waals surface area contributed by atoms with Gasteiger partial charge in [0.1, 0.15) is 0 Å². The van der Waals surface area contributed by atoms with Crippen LogP contribution in [-0.4, -0.2) is 9.97 Å². The molecule has 0 amide bonds. The summed E-state index contributed by atoms with van der Waals surface area (Å²) in [6.45, 7) is 0. The summed E-state index contributed by atoms with van der Waals surface area (Å²) < 4.78 is 0. The molecule has 0 fully saturated rings. The average molecular weight is 250 g/mol. The van der Waals surface area contributed by atoms with Gasteiger partial charge in [-0.2, -0.15) is 0 Å². The van der Waals surface area contributed by atoms with Crippen LogP contribution in [0.25, 0.3) is 10.9 Å². The maximum Gasteiger partial charge on any atom is 0.0753 e. The number of nitrogens with one attached hydrogen (secondary N) is 1. The second-order valence-corrected chi connectivity index (χ2v) is 4.31. The van der Waals surface area contributed by atoms with Gasteiger partial charge in [0, 0.05) is 29.5 Å². The SMILES string of the molecule is NNC(c1cccnc1)c1cccc2cccnc12. The first-order valence-corrected chi connectivity index (χ1v) is 6.10. The van der Waals surface area contributed by atoms with Crippen molar-refractivity contribution >= 4 is 10.9 Å². The summed E-state index contributed by atoms with van der Waals surface area (Å²) in [5.74, 6) is 5.72. The highest BCUT2D eigenvalue weighted by molar-refractivity contribution is 5.82. The molecule has 2 heterocycles. The zero-order valence-electron chi connectivity index (χ0n) is 10.3. The molecule has 4 nitrogen and oxygen atoms in total. The first-order valence-electron chi connectivity index (χ1n) is 6.10. The second kappa shape index (κ2) is 5.14. The lowest BCUT2D eigenvalue weighted by atomic mass is 9.98. The molecule has 0 aliphatic carbocycles. The van der Waals surface area contributed by atoms with E-state index in [1.165, 1.54) is 0 Å². The molecule has 0 saturated carbocycles. The fourth-order valence-corrected chi connectivity index (χ4v) is 2.27. The van der Waals surface area contributed by atoms with Crippen LogP contribution >= 0.6 is 0 Å². The summed E-state index contributed by atoms with van der Waals surface area (Å²) in [7, 11) is 0. The van der Waals surface area contributed by atoms with Crippen molar-refractivity contribution in [2.75, 3.05) is 0 Å². The first kappa shape index (κ1) is 11.8. The van der Waals surface area contributed by atoms with Crippen LogP contribution in [0.5, 0.6) is 0 Å². The van der Waals surface area contributed by atoms with E-state index in [9.17, 15) is 0 Å². The number of nitrogens with two attached hydrogens (primary N) is 1. The van der Waals surface area contributed by atoms with Crippen molar-refractivity contribution in [2.45, 2.75) is 6.04 Å². The normalized spacial score (nSPS) is 12.5. The highest BCUT2D eigenvalue weighted by Gasteiger charge is 2.15. The maximum atomic E-state index is 5.72. The monoisotopic (exact) mass is 250 g/mol. The molecule has 0 bridgehead atoms. The molecule has 94 valence electrons. The number of fused-ring (bicyclic) bond motifs is 1. The molecule has 0 radical (unpaired) electrons. The van der Waals surface area contributed by atoms with Crippen molar-refractivity contribution < 1.29 is 0 Å². The molecule has 19 heavy (non-hydrogen) atoms. The average Bonchev–Trinajstić information content (AvgIpc) is 2.49. The Bertz CT molecular complexity index is 677. The van der Waals surface area contributed by atoms with Gasteiger partial charge in [-0.3, -0.25) is 15.8 Å². The fraction of sp³-hybridized carbons (Fsp3) is 0.0667. The summed E-state index contributed by atoms with van der Waals surface area (Å²) in [6.07, 6.45) is 5.35. The number of hydrazine groups is 1. The lowest BCUT2D eigenvalue weighted by Crippen LogP contribution is -2.29. The fourth-order valence-electron chi connectivity index (χ4n) is 2.27. The van der Waals surface area contributed by atoms with E-state index in [2.05, 4.69) is 15.4 Å². The van der Waals surface area contributed by atoms with Crippen molar-refractivity contribution in [1.82, 2.24) is 15.4 Å². The van der Waals surface area contributed by atoms with Gasteiger partial charge >= 0.3 is 0 Å². The van der Waals surface area contributed by atoms with E-state index in [1.54, 1.807) is 12.4 Å². The topological polar surface area (TPSA) is 63.8 Å². The predicted molar refractivity (Wildman–Crippen MR) is 75.1 cm³/mol. The van der Waals surface area contributed by atoms with Crippen LogP contribution in [0.2, 0.25) is 0 Å². The molecule has 3 aromatic rings. The van der Waals surface area contributed by atoms with Crippen LogP contribution < -0.4 is 11.3 Å². The third kappa shape index (κ3) is 2.19. The Labute approximate surface area is 111 Å². The Morgan fingerprint density at radius 1 is 1.00 bits per heavy atom. The number of aromatic nitrogens is 2. The zero-order valence-corrected chi connectivity index (χ0v) is 10.3. The molecular formula is C15H14N4. The van der Waals surface area contributed by atoms with E-state index < -0.39 is 0 Å². The van der Waals surface area contributed by atoms with Crippen LogP contribution in [0.4, 0.5) is 0 Å². The van der Waals surface area contributed by atoms with E-state index in [0.29, 0.717) is 0 Å². The largest absolute Gasteiger partial charge is 0.271 e. The smallest absolute Gasteiger partial charge is 0.0753 e. The molecule has 3 N–H and O–H groups in total. The molecule has 0 spiro atoms. The number of nitrogens with zero attached hydrogens (tertiary/aromatic N) is 2. The number of benzene rings is 1. The van der Waals surface area contributed by atoms with Gasteiger partial charge in [-0.1, -0.05) is 30.3 Å². The first-order chi connectivity index (χ1) is 9.40. The van der Waals surface area contributed by atoms with Crippen molar-refractivity contribution in [2.24, 2.45) is 5.84 Å². The van der Waals surface area contributed by atoms with Gasteiger partial charge in [0.15, 0.2) is 0 Å². The van der Waals surface area contributed by atoms with Gasteiger partial charge < -0.3 is 0 Å². The van der Waals surface area contributed by atoms with Crippen LogP contribution in [0.3, 0.4) is 0 Å². The van der Waals surface area contributed by atoms with E-state index in [1.807, 2.05) is 48.7 Å². The van der Waals surface area contributed by atoms with Crippen molar-refractivity contribution in [1.29, 1.82) is 0 Å². The van der Waals surface area contributed by atoms with E-state index >= 15 is 0 Å². The third-order valence-corrected chi connectivity index (χ3v) is 3.16. The molecule has 1 aromatic carbocycles. The molecule has 0 saturated heterocycles. The van der Waals surface area contributed by atoms with Gasteiger partial charge in [-0.15, -0.1) is 0 Å². The summed E-state index contributed by atoms with van der Waals surface area (Å²) in [6, 6.07) is 13.9. The number of rotatable bonds is 3. The van der Waals surface area contributed by atoms with Crippen LogP contribution in [0.1, 0.15) is 17.2 Å². The number of para-hydroxylation sites is 1. The van der Waals surface area contributed by atoms with Crippen LogP contribution in [0.15, 0.2) is 61.1 Å². The highest BCUT2D eigenvalue weighted by Crippen LogP contribution is 2.26. The highest BCUT2D eigenvalue weighted by atomic mass is 15.2. The van der Waals surface area contributed by atoms with E-state index in [4.69, 9.17) is 5.84 Å². The molecule has 0 aliphatic heterocycles. The van der Waals surface area contributed by atoms with Gasteiger partial charge in [0.25, 0.3) is 0 Å². The van der Waals surface area contributed by atoms with Gasteiger partial charge in [0.05, 0.1) is 11.6 Å². The molecule has 3 rings (SSSR count). The summed E-state index contributed by atoms with van der Waals surface area (Å²) >= 11 is 0. The lowest BCUT2D eigenvalue weighted by Gasteiger charge is -2.17. The lowest BCUT2D eigenvalue weighted by molar-refractivity contribution is 0.638. The summed E-state index contributed by atoms with van der Waals surface area (Å²) in [5.41, 5.74) is 5.87. The quantitative estimate of drug-likeness (QED) is 0.552. The van der Waals surface area contributed by atoms with Crippen LogP contribution in [0, 0.1) is 0 Å².